The number of benzene rings is 2. The number of tetrazole rings is 1. The van der Waals surface area contributed by atoms with Crippen molar-refractivity contribution in [2.75, 3.05) is 19.7 Å². The van der Waals surface area contributed by atoms with Crippen LogP contribution in [-0.4, -0.2) is 45.2 Å². The summed E-state index contributed by atoms with van der Waals surface area (Å²) in [5.74, 6) is 2.15. The topological polar surface area (TPSA) is 76.2 Å². The molecule has 4 rings (SSSR count). The van der Waals surface area contributed by atoms with Gasteiger partial charge in [0, 0.05) is 24.7 Å². The van der Waals surface area contributed by atoms with E-state index in [1.165, 1.54) is 5.56 Å². The minimum Gasteiger partial charge on any atom is -0.457 e. The second-order valence-corrected chi connectivity index (χ2v) is 6.50. The molecule has 2 heterocycles. The number of morpholine rings is 1. The Bertz CT molecular complexity index is 841. The Morgan fingerprint density at radius 2 is 2.08 bits per heavy atom. The van der Waals surface area contributed by atoms with Crippen LogP contribution in [0.25, 0.3) is 0 Å². The summed E-state index contributed by atoms with van der Waals surface area (Å²) in [7, 11) is 0. The number of aromatic amines is 1. The summed E-state index contributed by atoms with van der Waals surface area (Å²) in [6.45, 7) is 3.02. The summed E-state index contributed by atoms with van der Waals surface area (Å²) in [6.07, 6.45) is -0.156. The lowest BCUT2D eigenvalue weighted by atomic mass is 10.1. The number of halogens is 1. The van der Waals surface area contributed by atoms with Gasteiger partial charge in [-0.15, -0.1) is 10.2 Å². The van der Waals surface area contributed by atoms with Crippen molar-refractivity contribution in [3.8, 4) is 11.5 Å². The predicted octanol–water partition coefficient (Wildman–Crippen LogP) is 3.22. The maximum Gasteiger partial charge on any atom is 0.204 e. The van der Waals surface area contributed by atoms with Crippen molar-refractivity contribution in [3.63, 3.8) is 0 Å². The van der Waals surface area contributed by atoms with Gasteiger partial charge in [-0.05, 0) is 42.0 Å². The van der Waals surface area contributed by atoms with Crippen molar-refractivity contribution in [2.45, 2.75) is 12.6 Å². The van der Waals surface area contributed by atoms with Crippen molar-refractivity contribution in [1.82, 2.24) is 25.5 Å². The van der Waals surface area contributed by atoms with E-state index in [9.17, 15) is 0 Å². The molecule has 134 valence electrons. The average molecular weight is 372 g/mol. The highest BCUT2D eigenvalue weighted by atomic mass is 35.5. The van der Waals surface area contributed by atoms with E-state index in [4.69, 9.17) is 21.1 Å². The van der Waals surface area contributed by atoms with Crippen LogP contribution in [0, 0.1) is 0 Å². The Balaban J connectivity index is 1.41. The largest absolute Gasteiger partial charge is 0.457 e. The van der Waals surface area contributed by atoms with Crippen LogP contribution >= 0.6 is 11.6 Å². The van der Waals surface area contributed by atoms with E-state index in [0.29, 0.717) is 17.5 Å². The maximum atomic E-state index is 5.91. The molecule has 26 heavy (non-hydrogen) atoms. The molecule has 1 N–H and O–H groups in total. The Labute approximate surface area is 155 Å². The number of aromatic nitrogens is 4. The molecular weight excluding hydrogens is 354 g/mol. The summed E-state index contributed by atoms with van der Waals surface area (Å²) in [5.41, 5.74) is 1.17. The molecule has 1 aliphatic rings. The maximum absolute atomic E-state index is 5.91. The van der Waals surface area contributed by atoms with Crippen LogP contribution in [0.4, 0.5) is 0 Å². The van der Waals surface area contributed by atoms with Gasteiger partial charge >= 0.3 is 0 Å². The summed E-state index contributed by atoms with van der Waals surface area (Å²) in [4.78, 5) is 2.31. The van der Waals surface area contributed by atoms with Crippen LogP contribution < -0.4 is 4.74 Å². The average Bonchev–Trinajstić information content (AvgIpc) is 3.19. The van der Waals surface area contributed by atoms with Crippen LogP contribution in [0.2, 0.25) is 5.02 Å². The Hall–Kier alpha value is -2.48. The number of nitrogens with zero attached hydrogens (tertiary/aromatic N) is 4. The van der Waals surface area contributed by atoms with Crippen molar-refractivity contribution in [2.24, 2.45) is 0 Å². The standard InChI is InChI=1S/C18H18ClN5O2/c19-14-4-6-15(7-5-14)26-16-3-1-2-13(10-16)11-24-8-9-25-17(12-24)18-20-22-23-21-18/h1-7,10,17H,8-9,11-12H2,(H,20,21,22,23). The number of nitrogens with one attached hydrogen (secondary N) is 1. The van der Waals surface area contributed by atoms with Gasteiger partial charge in [-0.3, -0.25) is 4.90 Å². The SMILES string of the molecule is Clc1ccc(Oc2cccc(CN3CCOC(c4nn[nH]n4)C3)c2)cc1. The number of rotatable bonds is 5. The summed E-state index contributed by atoms with van der Waals surface area (Å²) >= 11 is 5.91. The molecule has 7 nitrogen and oxygen atoms in total. The lowest BCUT2D eigenvalue weighted by molar-refractivity contribution is -0.0372. The molecule has 0 bridgehead atoms. The fourth-order valence-electron chi connectivity index (χ4n) is 2.91. The van der Waals surface area contributed by atoms with Gasteiger partial charge in [0.25, 0.3) is 0 Å². The number of hydrogen-bond donors (Lipinski definition) is 1. The van der Waals surface area contributed by atoms with E-state index in [0.717, 1.165) is 31.1 Å². The van der Waals surface area contributed by atoms with E-state index in [2.05, 4.69) is 31.6 Å². The Morgan fingerprint density at radius 1 is 1.19 bits per heavy atom. The Kier molecular flexibility index (Phi) is 5.10. The zero-order valence-electron chi connectivity index (χ0n) is 14.0. The molecule has 2 aromatic carbocycles. The minimum absolute atomic E-state index is 0.156. The van der Waals surface area contributed by atoms with Crippen LogP contribution in [0.3, 0.4) is 0 Å². The van der Waals surface area contributed by atoms with Crippen molar-refractivity contribution in [1.29, 1.82) is 0 Å². The first kappa shape index (κ1) is 17.0. The van der Waals surface area contributed by atoms with Gasteiger partial charge in [0.15, 0.2) is 0 Å². The van der Waals surface area contributed by atoms with E-state index in [-0.39, 0.29) is 6.10 Å². The molecule has 1 fully saturated rings. The van der Waals surface area contributed by atoms with Crippen molar-refractivity contribution >= 4 is 11.6 Å². The van der Waals surface area contributed by atoms with Gasteiger partial charge in [0.2, 0.25) is 5.82 Å². The quantitative estimate of drug-likeness (QED) is 0.742. The van der Waals surface area contributed by atoms with Gasteiger partial charge in [-0.25, -0.2) is 0 Å². The van der Waals surface area contributed by atoms with E-state index < -0.39 is 0 Å². The molecule has 0 aliphatic carbocycles. The summed E-state index contributed by atoms with van der Waals surface area (Å²) in [6, 6.07) is 15.4. The first-order valence-corrected chi connectivity index (χ1v) is 8.74. The summed E-state index contributed by atoms with van der Waals surface area (Å²) < 4.78 is 11.6. The van der Waals surface area contributed by atoms with E-state index in [1.807, 2.05) is 42.5 Å². The molecule has 1 saturated heterocycles. The monoisotopic (exact) mass is 371 g/mol. The molecule has 1 aliphatic heterocycles. The third-order valence-electron chi connectivity index (χ3n) is 4.15. The molecule has 3 aromatic rings. The highest BCUT2D eigenvalue weighted by Gasteiger charge is 2.25. The third-order valence-corrected chi connectivity index (χ3v) is 4.41. The fourth-order valence-corrected chi connectivity index (χ4v) is 3.04. The van der Waals surface area contributed by atoms with Crippen LogP contribution in [0.1, 0.15) is 17.5 Å². The zero-order chi connectivity index (χ0) is 17.8. The Morgan fingerprint density at radius 3 is 2.88 bits per heavy atom. The van der Waals surface area contributed by atoms with E-state index >= 15 is 0 Å². The molecular formula is C18H18ClN5O2. The number of H-pyrrole nitrogens is 1. The molecule has 1 aromatic heterocycles. The highest BCUT2D eigenvalue weighted by molar-refractivity contribution is 6.30. The minimum atomic E-state index is -0.156. The highest BCUT2D eigenvalue weighted by Crippen LogP contribution is 2.25. The lowest BCUT2D eigenvalue weighted by Gasteiger charge is -2.31. The van der Waals surface area contributed by atoms with Crippen LogP contribution in [0.5, 0.6) is 11.5 Å². The van der Waals surface area contributed by atoms with Gasteiger partial charge in [0.1, 0.15) is 17.6 Å². The van der Waals surface area contributed by atoms with Gasteiger partial charge < -0.3 is 9.47 Å². The van der Waals surface area contributed by atoms with Crippen molar-refractivity contribution in [3.05, 3.63) is 64.9 Å². The normalized spacial score (nSPS) is 18.0. The second-order valence-electron chi connectivity index (χ2n) is 6.07. The first-order chi connectivity index (χ1) is 12.8. The zero-order valence-corrected chi connectivity index (χ0v) is 14.8. The number of ether oxygens (including phenoxy) is 2. The second kappa shape index (κ2) is 7.82. The van der Waals surface area contributed by atoms with Gasteiger partial charge in [-0.2, -0.15) is 5.21 Å². The van der Waals surface area contributed by atoms with Gasteiger partial charge in [-0.1, -0.05) is 28.9 Å². The van der Waals surface area contributed by atoms with Crippen LogP contribution in [-0.2, 0) is 11.3 Å². The molecule has 0 radical (unpaired) electrons. The lowest BCUT2D eigenvalue weighted by Crippen LogP contribution is -2.38. The first-order valence-electron chi connectivity index (χ1n) is 8.36. The third kappa shape index (κ3) is 4.19. The molecule has 1 unspecified atom stereocenters. The molecule has 0 amide bonds. The fraction of sp³-hybridized carbons (Fsp3) is 0.278. The molecule has 0 saturated carbocycles. The van der Waals surface area contributed by atoms with Gasteiger partial charge in [0.05, 0.1) is 6.61 Å². The summed E-state index contributed by atoms with van der Waals surface area (Å²) in [5, 5.41) is 14.8. The molecule has 1 atom stereocenters. The smallest absolute Gasteiger partial charge is 0.204 e. The number of hydrogen-bond acceptors (Lipinski definition) is 6. The van der Waals surface area contributed by atoms with Crippen LogP contribution in [0.15, 0.2) is 48.5 Å². The molecule has 0 spiro atoms. The van der Waals surface area contributed by atoms with Crippen molar-refractivity contribution < 1.29 is 9.47 Å². The molecule has 8 heteroatoms. The predicted molar refractivity (Wildman–Crippen MR) is 96.1 cm³/mol. The van der Waals surface area contributed by atoms with E-state index in [1.54, 1.807) is 0 Å².